The van der Waals surface area contributed by atoms with Gasteiger partial charge in [-0.05, 0) is 0 Å². The van der Waals surface area contributed by atoms with Crippen LogP contribution in [0.25, 0.3) is 0 Å². The average Bonchev–Trinajstić information content (AvgIpc) is 2.49. The highest BCUT2D eigenvalue weighted by Crippen LogP contribution is 2.25. The Bertz CT molecular complexity index is 344. The molecule has 0 aromatic carbocycles. The number of thiazole rings is 1. The molecule has 0 fully saturated rings. The van der Waals surface area contributed by atoms with Crippen LogP contribution in [-0.4, -0.2) is 17.1 Å². The first kappa shape index (κ1) is 7.42. The van der Waals surface area contributed by atoms with Gasteiger partial charge in [-0.15, -0.1) is 11.3 Å². The fourth-order valence-electron chi connectivity index (χ4n) is 1.17. The molecule has 2 N–H and O–H groups in total. The highest BCUT2D eigenvalue weighted by molar-refractivity contribution is 7.09. The molecule has 0 saturated heterocycles. The van der Waals surface area contributed by atoms with Crippen LogP contribution >= 0.6 is 11.3 Å². The second-order valence-electron chi connectivity index (χ2n) is 2.53. The number of aromatic nitrogens is 1. The standard InChI is InChI=1S/C7H7N3OS/c8-7(11)4-1-9-2-5-6(4)10-3-12-5/h1,3-4H,2H2,(H2,8,11). The molecule has 0 spiro atoms. The predicted molar refractivity (Wildman–Crippen MR) is 46.2 cm³/mol. The van der Waals surface area contributed by atoms with E-state index in [0.717, 1.165) is 10.6 Å². The van der Waals surface area contributed by atoms with Crippen LogP contribution in [0, 0.1) is 0 Å². The van der Waals surface area contributed by atoms with Crippen molar-refractivity contribution in [1.82, 2.24) is 4.98 Å². The lowest BCUT2D eigenvalue weighted by molar-refractivity contribution is -0.118. The molecular formula is C7H7N3OS. The van der Waals surface area contributed by atoms with Crippen molar-refractivity contribution in [2.45, 2.75) is 12.5 Å². The summed E-state index contributed by atoms with van der Waals surface area (Å²) in [7, 11) is 0. The lowest BCUT2D eigenvalue weighted by Gasteiger charge is -2.10. The van der Waals surface area contributed by atoms with Gasteiger partial charge in [-0.2, -0.15) is 0 Å². The molecular weight excluding hydrogens is 174 g/mol. The second-order valence-corrected chi connectivity index (χ2v) is 3.47. The van der Waals surface area contributed by atoms with Gasteiger partial charge in [0.2, 0.25) is 5.91 Å². The third-order valence-corrected chi connectivity index (χ3v) is 2.60. The normalized spacial score (nSPS) is 20.5. The van der Waals surface area contributed by atoms with Crippen molar-refractivity contribution >= 4 is 23.5 Å². The third kappa shape index (κ3) is 1.02. The van der Waals surface area contributed by atoms with E-state index in [1.165, 1.54) is 11.3 Å². The van der Waals surface area contributed by atoms with E-state index >= 15 is 0 Å². The van der Waals surface area contributed by atoms with Gasteiger partial charge in [-0.25, -0.2) is 4.98 Å². The van der Waals surface area contributed by atoms with E-state index in [1.54, 1.807) is 11.7 Å². The molecule has 4 nitrogen and oxygen atoms in total. The molecule has 0 aliphatic carbocycles. The topological polar surface area (TPSA) is 68.3 Å². The molecule has 5 heteroatoms. The Labute approximate surface area is 73.1 Å². The summed E-state index contributed by atoms with van der Waals surface area (Å²) in [5, 5.41) is 0. The highest BCUT2D eigenvalue weighted by atomic mass is 32.1. The largest absolute Gasteiger partial charge is 0.369 e. The molecule has 1 aromatic heterocycles. The van der Waals surface area contributed by atoms with Gasteiger partial charge in [0.05, 0.1) is 22.6 Å². The molecule has 2 rings (SSSR count). The Morgan fingerprint density at radius 1 is 1.75 bits per heavy atom. The van der Waals surface area contributed by atoms with Gasteiger partial charge in [0.15, 0.2) is 0 Å². The van der Waals surface area contributed by atoms with Crippen molar-refractivity contribution in [1.29, 1.82) is 0 Å². The monoisotopic (exact) mass is 181 g/mol. The number of amides is 1. The molecule has 0 saturated carbocycles. The lowest BCUT2D eigenvalue weighted by atomic mass is 10.0. The summed E-state index contributed by atoms with van der Waals surface area (Å²) in [6.45, 7) is 0.629. The molecule has 1 aromatic rings. The average molecular weight is 181 g/mol. The Balaban J connectivity index is 2.44. The molecule has 1 aliphatic heterocycles. The van der Waals surface area contributed by atoms with E-state index in [4.69, 9.17) is 5.73 Å². The molecule has 1 aliphatic rings. The van der Waals surface area contributed by atoms with Crippen LogP contribution < -0.4 is 5.73 Å². The maximum Gasteiger partial charge on any atom is 0.232 e. The Morgan fingerprint density at radius 3 is 3.33 bits per heavy atom. The minimum Gasteiger partial charge on any atom is -0.369 e. The Kier molecular flexibility index (Phi) is 1.65. The minimum atomic E-state index is -0.417. The van der Waals surface area contributed by atoms with Crippen molar-refractivity contribution in [3.8, 4) is 0 Å². The number of primary amides is 1. The van der Waals surface area contributed by atoms with Crippen LogP contribution in [0.2, 0.25) is 0 Å². The summed E-state index contributed by atoms with van der Waals surface area (Å²) >= 11 is 1.51. The first-order valence-electron chi connectivity index (χ1n) is 3.50. The van der Waals surface area contributed by atoms with Gasteiger partial charge in [-0.1, -0.05) is 0 Å². The van der Waals surface area contributed by atoms with Crippen LogP contribution in [0.1, 0.15) is 16.5 Å². The van der Waals surface area contributed by atoms with Gasteiger partial charge < -0.3 is 5.73 Å². The maximum atomic E-state index is 10.9. The molecule has 0 radical (unpaired) electrons. The Hall–Kier alpha value is -1.23. The first-order chi connectivity index (χ1) is 5.79. The predicted octanol–water partition coefficient (Wildman–Crippen LogP) is 0.296. The maximum absolute atomic E-state index is 10.9. The zero-order valence-corrected chi connectivity index (χ0v) is 7.04. The molecule has 0 bridgehead atoms. The molecule has 1 unspecified atom stereocenters. The van der Waals surface area contributed by atoms with Gasteiger partial charge >= 0.3 is 0 Å². The minimum absolute atomic E-state index is 0.384. The lowest BCUT2D eigenvalue weighted by Crippen LogP contribution is -2.25. The summed E-state index contributed by atoms with van der Waals surface area (Å²) in [6.07, 6.45) is 1.57. The summed E-state index contributed by atoms with van der Waals surface area (Å²) in [5.41, 5.74) is 7.67. The van der Waals surface area contributed by atoms with Crippen molar-refractivity contribution in [3.05, 3.63) is 16.1 Å². The number of fused-ring (bicyclic) bond motifs is 1. The van der Waals surface area contributed by atoms with Gasteiger partial charge in [0, 0.05) is 6.21 Å². The molecule has 62 valence electrons. The molecule has 1 amide bonds. The van der Waals surface area contributed by atoms with E-state index < -0.39 is 5.92 Å². The second kappa shape index (κ2) is 2.67. The van der Waals surface area contributed by atoms with Gasteiger partial charge in [0.1, 0.15) is 5.92 Å². The Morgan fingerprint density at radius 2 is 2.58 bits per heavy atom. The number of hydrogen-bond donors (Lipinski definition) is 1. The van der Waals surface area contributed by atoms with Gasteiger partial charge in [0.25, 0.3) is 0 Å². The number of carbonyl (C=O) groups excluding carboxylic acids is 1. The van der Waals surface area contributed by atoms with Crippen LogP contribution in [0.4, 0.5) is 0 Å². The van der Waals surface area contributed by atoms with Crippen molar-refractivity contribution in [2.75, 3.05) is 0 Å². The first-order valence-corrected chi connectivity index (χ1v) is 4.38. The number of rotatable bonds is 1. The summed E-state index contributed by atoms with van der Waals surface area (Å²) in [4.78, 5) is 20.1. The van der Waals surface area contributed by atoms with Crippen LogP contribution in [0.15, 0.2) is 10.5 Å². The van der Waals surface area contributed by atoms with Crippen molar-refractivity contribution < 1.29 is 4.79 Å². The summed E-state index contributed by atoms with van der Waals surface area (Å²) in [6, 6.07) is 0. The van der Waals surface area contributed by atoms with E-state index in [-0.39, 0.29) is 5.91 Å². The molecule has 1 atom stereocenters. The fraction of sp³-hybridized carbons (Fsp3) is 0.286. The SMILES string of the molecule is NC(=O)C1C=NCc2scnc21. The van der Waals surface area contributed by atoms with Crippen LogP contribution in [0.3, 0.4) is 0 Å². The quantitative estimate of drug-likeness (QED) is 0.676. The zero-order valence-electron chi connectivity index (χ0n) is 6.23. The fourth-order valence-corrected chi connectivity index (χ4v) is 1.91. The summed E-state index contributed by atoms with van der Waals surface area (Å²) < 4.78 is 0. The highest BCUT2D eigenvalue weighted by Gasteiger charge is 2.24. The number of nitrogens with two attached hydrogens (primary N) is 1. The van der Waals surface area contributed by atoms with E-state index in [0.29, 0.717) is 6.54 Å². The van der Waals surface area contributed by atoms with Crippen LogP contribution in [0.5, 0.6) is 0 Å². The number of aliphatic imine (C=N–C) groups is 1. The van der Waals surface area contributed by atoms with E-state index in [2.05, 4.69) is 9.98 Å². The van der Waals surface area contributed by atoms with Crippen molar-refractivity contribution in [3.63, 3.8) is 0 Å². The molecule has 12 heavy (non-hydrogen) atoms. The smallest absolute Gasteiger partial charge is 0.232 e. The zero-order chi connectivity index (χ0) is 8.55. The number of carbonyl (C=O) groups is 1. The van der Waals surface area contributed by atoms with Crippen molar-refractivity contribution in [2.24, 2.45) is 10.7 Å². The van der Waals surface area contributed by atoms with Gasteiger partial charge in [-0.3, -0.25) is 9.79 Å². The van der Waals surface area contributed by atoms with E-state index in [1.807, 2.05) is 0 Å². The number of hydrogen-bond acceptors (Lipinski definition) is 4. The van der Waals surface area contributed by atoms with E-state index in [9.17, 15) is 4.79 Å². The third-order valence-electron chi connectivity index (χ3n) is 1.76. The summed E-state index contributed by atoms with van der Waals surface area (Å²) in [5.74, 6) is -0.800. The number of nitrogens with zero attached hydrogens (tertiary/aromatic N) is 2. The van der Waals surface area contributed by atoms with Crippen LogP contribution in [-0.2, 0) is 11.3 Å². The molecule has 2 heterocycles.